The van der Waals surface area contributed by atoms with Crippen molar-refractivity contribution in [3.63, 3.8) is 0 Å². The second kappa shape index (κ2) is 7.26. The van der Waals surface area contributed by atoms with E-state index in [1.165, 1.54) is 19.2 Å². The molecule has 1 amide bonds. The highest BCUT2D eigenvalue weighted by Gasteiger charge is 2.62. The van der Waals surface area contributed by atoms with E-state index in [0.29, 0.717) is 13.0 Å². The van der Waals surface area contributed by atoms with Crippen LogP contribution in [0.3, 0.4) is 0 Å². The van der Waals surface area contributed by atoms with Crippen LogP contribution in [-0.4, -0.2) is 39.6 Å². The lowest BCUT2D eigenvalue weighted by atomic mass is 9.54. The van der Waals surface area contributed by atoms with E-state index in [1.54, 1.807) is 12.1 Å². The molecule has 1 aliphatic carbocycles. The Labute approximate surface area is 155 Å². The maximum absolute atomic E-state index is 12.8. The maximum atomic E-state index is 12.8. The van der Waals surface area contributed by atoms with Crippen LogP contribution in [0.2, 0.25) is 0 Å². The summed E-state index contributed by atoms with van der Waals surface area (Å²) in [6.45, 7) is 8.24. The number of carbonyl (C=O) groups excluding carboxylic acids is 1. The summed E-state index contributed by atoms with van der Waals surface area (Å²) in [7, 11) is -2.12. The number of ether oxygens (including phenoxy) is 1. The number of amides is 1. The van der Waals surface area contributed by atoms with Gasteiger partial charge in [-0.15, -0.1) is 0 Å². The third kappa shape index (κ3) is 3.51. The van der Waals surface area contributed by atoms with Crippen molar-refractivity contribution in [3.05, 3.63) is 29.8 Å². The monoisotopic (exact) mass is 383 g/mol. The third-order valence-electron chi connectivity index (χ3n) is 5.54. The van der Waals surface area contributed by atoms with Crippen LogP contribution in [-0.2, 0) is 19.6 Å². The Morgan fingerprint density at radius 3 is 2.38 bits per heavy atom. The number of hydrogen-bond donors (Lipinski definition) is 3. The third-order valence-corrected chi connectivity index (χ3v) is 6.97. The molecule has 1 aliphatic rings. The quantitative estimate of drug-likeness (QED) is 0.657. The minimum absolute atomic E-state index is 0.0374. The van der Waals surface area contributed by atoms with Crippen molar-refractivity contribution >= 4 is 15.9 Å². The van der Waals surface area contributed by atoms with Crippen molar-refractivity contribution in [2.24, 2.45) is 11.1 Å². The molecule has 0 radical (unpaired) electrons. The Bertz CT molecular complexity index is 761. The first-order valence-corrected chi connectivity index (χ1v) is 10.2. The zero-order valence-corrected chi connectivity index (χ0v) is 16.8. The van der Waals surface area contributed by atoms with E-state index >= 15 is 0 Å². The predicted octanol–water partition coefficient (Wildman–Crippen LogP) is 1.30. The van der Waals surface area contributed by atoms with Crippen LogP contribution in [0.15, 0.2) is 29.2 Å². The fourth-order valence-electron chi connectivity index (χ4n) is 3.28. The zero-order chi connectivity index (χ0) is 19.8. The van der Waals surface area contributed by atoms with Gasteiger partial charge in [0, 0.05) is 18.4 Å². The van der Waals surface area contributed by atoms with Crippen LogP contribution in [0.4, 0.5) is 0 Å². The minimum atomic E-state index is -3.48. The molecule has 0 aromatic heterocycles. The molecule has 1 saturated carbocycles. The molecular weight excluding hydrogens is 354 g/mol. The Morgan fingerprint density at radius 2 is 1.92 bits per heavy atom. The van der Waals surface area contributed by atoms with Crippen molar-refractivity contribution in [1.82, 2.24) is 10.0 Å². The molecule has 0 bridgehead atoms. The Hall–Kier alpha value is -1.48. The van der Waals surface area contributed by atoms with Crippen molar-refractivity contribution in [2.45, 2.75) is 56.7 Å². The topological polar surface area (TPSA) is 111 Å². The molecule has 7 nitrogen and oxygen atoms in total. The van der Waals surface area contributed by atoms with Gasteiger partial charge in [0.05, 0.1) is 17.0 Å². The molecule has 2 rings (SSSR count). The first-order valence-electron chi connectivity index (χ1n) is 8.74. The molecule has 0 saturated heterocycles. The summed E-state index contributed by atoms with van der Waals surface area (Å²) in [5.74, 6) is -0.224. The number of carbonyl (C=O) groups is 1. The van der Waals surface area contributed by atoms with E-state index < -0.39 is 21.0 Å². The first-order chi connectivity index (χ1) is 12.0. The summed E-state index contributed by atoms with van der Waals surface area (Å²) in [6.07, 6.45) is 0.441. The second-order valence-electron chi connectivity index (χ2n) is 7.31. The van der Waals surface area contributed by atoms with Gasteiger partial charge in [-0.1, -0.05) is 26.0 Å². The van der Waals surface area contributed by atoms with Crippen molar-refractivity contribution < 1.29 is 17.9 Å². The van der Waals surface area contributed by atoms with E-state index in [4.69, 9.17) is 10.5 Å². The number of nitrogens with two attached hydrogens (primary N) is 1. The van der Waals surface area contributed by atoms with Crippen molar-refractivity contribution in [3.8, 4) is 0 Å². The van der Waals surface area contributed by atoms with Crippen LogP contribution in [0.25, 0.3) is 0 Å². The molecular formula is C18H29N3O4S. The van der Waals surface area contributed by atoms with Crippen LogP contribution < -0.4 is 15.8 Å². The fraction of sp³-hybridized carbons (Fsp3) is 0.611. The normalized spacial score (nSPS) is 26.0. The molecule has 0 aliphatic heterocycles. The molecule has 3 unspecified atom stereocenters. The van der Waals surface area contributed by atoms with E-state index in [2.05, 4.69) is 10.0 Å². The summed E-state index contributed by atoms with van der Waals surface area (Å²) in [4.78, 5) is 12.9. The molecule has 0 spiro atoms. The highest BCUT2D eigenvalue weighted by atomic mass is 32.2. The van der Waals surface area contributed by atoms with E-state index in [1.807, 2.05) is 27.7 Å². The van der Waals surface area contributed by atoms with E-state index in [-0.39, 0.29) is 22.9 Å². The molecule has 146 valence electrons. The number of nitrogens with one attached hydrogen (secondary N) is 2. The number of hydrogen-bond acceptors (Lipinski definition) is 5. The lowest BCUT2D eigenvalue weighted by Crippen LogP contribution is -2.75. The molecule has 26 heavy (non-hydrogen) atoms. The Kier molecular flexibility index (Phi) is 5.82. The van der Waals surface area contributed by atoms with Crippen LogP contribution >= 0.6 is 0 Å². The largest absolute Gasteiger partial charge is 0.378 e. The van der Waals surface area contributed by atoms with Crippen LogP contribution in [0.5, 0.6) is 0 Å². The van der Waals surface area contributed by atoms with Gasteiger partial charge in [0.25, 0.3) is 0 Å². The molecule has 1 fully saturated rings. The Balaban J connectivity index is 2.08. The van der Waals surface area contributed by atoms with Gasteiger partial charge in [0.15, 0.2) is 0 Å². The molecule has 1 aromatic carbocycles. The van der Waals surface area contributed by atoms with Gasteiger partial charge in [-0.3, -0.25) is 4.79 Å². The highest BCUT2D eigenvalue weighted by molar-refractivity contribution is 7.89. The van der Waals surface area contributed by atoms with Crippen LogP contribution in [0.1, 0.15) is 45.7 Å². The van der Waals surface area contributed by atoms with E-state index in [9.17, 15) is 13.2 Å². The van der Waals surface area contributed by atoms with E-state index in [0.717, 1.165) is 5.56 Å². The summed E-state index contributed by atoms with van der Waals surface area (Å²) < 4.78 is 31.5. The Morgan fingerprint density at radius 1 is 1.35 bits per heavy atom. The van der Waals surface area contributed by atoms with Gasteiger partial charge in [0.2, 0.25) is 15.9 Å². The molecule has 1 aromatic rings. The van der Waals surface area contributed by atoms with Gasteiger partial charge in [-0.25, -0.2) is 13.1 Å². The van der Waals surface area contributed by atoms with Gasteiger partial charge >= 0.3 is 0 Å². The highest BCUT2D eigenvalue weighted by Crippen LogP contribution is 2.50. The average Bonchev–Trinajstić information content (AvgIpc) is 2.61. The predicted molar refractivity (Wildman–Crippen MR) is 100.0 cm³/mol. The summed E-state index contributed by atoms with van der Waals surface area (Å²) in [6, 6.07) is 6.11. The zero-order valence-electron chi connectivity index (χ0n) is 16.0. The van der Waals surface area contributed by atoms with Gasteiger partial charge in [0.1, 0.15) is 5.54 Å². The fourth-order valence-corrected chi connectivity index (χ4v) is 4.01. The van der Waals surface area contributed by atoms with Gasteiger partial charge < -0.3 is 15.8 Å². The maximum Gasteiger partial charge on any atom is 0.241 e. The van der Waals surface area contributed by atoms with Gasteiger partial charge in [-0.05, 0) is 38.6 Å². The summed E-state index contributed by atoms with van der Waals surface area (Å²) in [5, 5.41) is 2.94. The SMILES string of the molecule is CCOC1CC(N)(C(=O)NC(C)c2ccc(S(=O)(=O)NC)cc2)C1(C)C. The lowest BCUT2D eigenvalue weighted by molar-refractivity contribution is -0.171. The molecule has 0 heterocycles. The van der Waals surface area contributed by atoms with Crippen LogP contribution in [0, 0.1) is 5.41 Å². The minimum Gasteiger partial charge on any atom is -0.378 e. The number of sulfonamides is 1. The summed E-state index contributed by atoms with van der Waals surface area (Å²) in [5.41, 5.74) is 5.74. The van der Waals surface area contributed by atoms with Gasteiger partial charge in [-0.2, -0.15) is 0 Å². The summed E-state index contributed by atoms with van der Waals surface area (Å²) >= 11 is 0. The average molecular weight is 384 g/mol. The smallest absolute Gasteiger partial charge is 0.241 e. The lowest BCUT2D eigenvalue weighted by Gasteiger charge is -2.57. The number of rotatable bonds is 7. The second-order valence-corrected chi connectivity index (χ2v) is 9.20. The van der Waals surface area contributed by atoms with Crippen molar-refractivity contribution in [2.75, 3.05) is 13.7 Å². The standard InChI is InChI=1S/C18H29N3O4S/c1-6-25-15-11-18(19,17(15,3)4)16(22)21-12(2)13-7-9-14(10-8-13)26(23,24)20-5/h7-10,12,15,20H,6,11,19H2,1-5H3,(H,21,22). The molecule has 4 N–H and O–H groups in total. The van der Waals surface area contributed by atoms with Crippen molar-refractivity contribution in [1.29, 1.82) is 0 Å². The molecule has 8 heteroatoms. The number of benzene rings is 1. The first kappa shape index (κ1) is 20.8. The molecule has 3 atom stereocenters.